The largest absolute Gasteiger partial charge is 0.462 e. The second-order valence-electron chi connectivity index (χ2n) is 4.88. The van der Waals surface area contributed by atoms with Crippen molar-refractivity contribution < 1.29 is 19.1 Å². The number of aryl methyl sites for hydroxylation is 1. The lowest BCUT2D eigenvalue weighted by atomic mass is 10.2. The molecule has 2 aromatic rings. The first-order valence-electron chi connectivity index (χ1n) is 7.87. The summed E-state index contributed by atoms with van der Waals surface area (Å²) in [5.41, 5.74) is 1.51. The lowest BCUT2D eigenvalue weighted by Crippen LogP contribution is -2.19. The van der Waals surface area contributed by atoms with Gasteiger partial charge in [-0.25, -0.2) is 9.59 Å². The van der Waals surface area contributed by atoms with Gasteiger partial charge in [-0.05, 0) is 39.0 Å². The van der Waals surface area contributed by atoms with Gasteiger partial charge in [0.2, 0.25) is 0 Å². The molecule has 0 radical (unpaired) electrons. The van der Waals surface area contributed by atoms with E-state index >= 15 is 0 Å². The lowest BCUT2D eigenvalue weighted by molar-refractivity contribution is -0.146. The van der Waals surface area contributed by atoms with Gasteiger partial charge in [-0.15, -0.1) is 0 Å². The highest BCUT2D eigenvalue weighted by atomic mass is 16.6. The normalized spacial score (nSPS) is 10.3. The summed E-state index contributed by atoms with van der Waals surface area (Å²) < 4.78 is 11.6. The Kier molecular flexibility index (Phi) is 5.95. The average Bonchev–Trinajstić information content (AvgIpc) is 2.98. The molecule has 0 atom stereocenters. The fourth-order valence-corrected chi connectivity index (χ4v) is 2.19. The van der Waals surface area contributed by atoms with Crippen molar-refractivity contribution >= 4 is 28.5 Å². The zero-order valence-corrected chi connectivity index (χ0v) is 14.0. The van der Waals surface area contributed by atoms with Crippen molar-refractivity contribution in [2.24, 2.45) is 0 Å². The first-order chi connectivity index (χ1) is 11.6. The van der Waals surface area contributed by atoms with Crippen molar-refractivity contribution in [1.29, 1.82) is 0 Å². The molecule has 1 aromatic heterocycles. The zero-order valence-electron chi connectivity index (χ0n) is 14.0. The maximum Gasteiger partial charge on any atom is 0.347 e. The molecule has 0 spiro atoms. The number of carbonyl (C=O) groups is 2. The van der Waals surface area contributed by atoms with Crippen LogP contribution in [0.15, 0.2) is 36.2 Å². The van der Waals surface area contributed by atoms with E-state index in [1.165, 1.54) is 6.20 Å². The van der Waals surface area contributed by atoms with Gasteiger partial charge in [0.1, 0.15) is 0 Å². The number of esters is 2. The van der Waals surface area contributed by atoms with Crippen LogP contribution in [-0.2, 0) is 25.6 Å². The highest BCUT2D eigenvalue weighted by molar-refractivity contribution is 6.14. The molecule has 0 saturated carbocycles. The van der Waals surface area contributed by atoms with E-state index < -0.39 is 11.9 Å². The Morgan fingerprint density at radius 1 is 1.17 bits per heavy atom. The maximum absolute atomic E-state index is 11.9. The van der Waals surface area contributed by atoms with Crippen LogP contribution in [0.25, 0.3) is 10.9 Å². The van der Waals surface area contributed by atoms with Crippen LogP contribution in [0.2, 0.25) is 0 Å². The van der Waals surface area contributed by atoms with Crippen molar-refractivity contribution in [3.05, 3.63) is 36.2 Å². The van der Waals surface area contributed by atoms with Gasteiger partial charge >= 0.3 is 11.9 Å². The molecule has 0 saturated heterocycles. The Labute approximate surface area is 140 Å². The van der Waals surface area contributed by atoms with Crippen LogP contribution in [0.3, 0.4) is 0 Å². The molecule has 1 aromatic carbocycles. The van der Waals surface area contributed by atoms with Gasteiger partial charge in [0.15, 0.2) is 5.57 Å². The molecular weight excluding hydrogens is 310 g/mol. The topological polar surface area (TPSA) is 82.5 Å². The molecule has 1 N–H and O–H groups in total. The van der Waals surface area contributed by atoms with E-state index in [4.69, 9.17) is 9.47 Å². The first kappa shape index (κ1) is 17.5. The minimum absolute atomic E-state index is 0.178. The van der Waals surface area contributed by atoms with Crippen LogP contribution in [0.5, 0.6) is 0 Å². The molecular formula is C17H21N3O4. The number of rotatable bonds is 7. The van der Waals surface area contributed by atoms with Crippen molar-refractivity contribution in [3.63, 3.8) is 0 Å². The summed E-state index contributed by atoms with van der Waals surface area (Å²) >= 11 is 0. The Balaban J connectivity index is 2.26. The second kappa shape index (κ2) is 8.14. The predicted molar refractivity (Wildman–Crippen MR) is 90.4 cm³/mol. The summed E-state index contributed by atoms with van der Waals surface area (Å²) in [5.74, 6) is -1.44. The maximum atomic E-state index is 11.9. The molecule has 0 aliphatic carbocycles. The highest BCUT2D eigenvalue weighted by Crippen LogP contribution is 2.19. The van der Waals surface area contributed by atoms with Crippen molar-refractivity contribution in [2.45, 2.75) is 27.3 Å². The molecule has 7 heteroatoms. The van der Waals surface area contributed by atoms with Gasteiger partial charge in [0, 0.05) is 23.8 Å². The molecule has 128 valence electrons. The van der Waals surface area contributed by atoms with Crippen molar-refractivity contribution in [1.82, 2.24) is 9.78 Å². The SMILES string of the molecule is CCOC(=O)C(=CNc1ccc2cnn(CC)c2c1)C(=O)OCC. The van der Waals surface area contributed by atoms with E-state index in [9.17, 15) is 9.59 Å². The number of hydrogen-bond donors (Lipinski definition) is 1. The third kappa shape index (κ3) is 3.92. The zero-order chi connectivity index (χ0) is 17.5. The van der Waals surface area contributed by atoms with Crippen LogP contribution in [-0.4, -0.2) is 34.9 Å². The smallest absolute Gasteiger partial charge is 0.347 e. The van der Waals surface area contributed by atoms with E-state index in [0.29, 0.717) is 0 Å². The number of anilines is 1. The average molecular weight is 331 g/mol. The number of aromatic nitrogens is 2. The van der Waals surface area contributed by atoms with Crippen LogP contribution in [0, 0.1) is 0 Å². The van der Waals surface area contributed by atoms with Gasteiger partial charge in [-0.1, -0.05) is 0 Å². The monoisotopic (exact) mass is 331 g/mol. The first-order valence-corrected chi connectivity index (χ1v) is 7.87. The van der Waals surface area contributed by atoms with Gasteiger partial charge in [-0.3, -0.25) is 4.68 Å². The summed E-state index contributed by atoms with van der Waals surface area (Å²) in [5, 5.41) is 8.25. The molecule has 0 amide bonds. The van der Waals surface area contributed by atoms with E-state index in [1.807, 2.05) is 29.8 Å². The highest BCUT2D eigenvalue weighted by Gasteiger charge is 2.20. The Bertz CT molecular complexity index is 744. The van der Waals surface area contributed by atoms with Gasteiger partial charge < -0.3 is 14.8 Å². The molecule has 0 aliphatic rings. The molecule has 1 heterocycles. The predicted octanol–water partition coefficient (Wildman–Crippen LogP) is 2.48. The van der Waals surface area contributed by atoms with Crippen LogP contribution < -0.4 is 5.32 Å². The van der Waals surface area contributed by atoms with Crippen LogP contribution in [0.4, 0.5) is 5.69 Å². The van der Waals surface area contributed by atoms with Gasteiger partial charge in [-0.2, -0.15) is 5.10 Å². The molecule has 0 aliphatic heterocycles. The van der Waals surface area contributed by atoms with E-state index in [0.717, 1.165) is 23.1 Å². The Morgan fingerprint density at radius 3 is 2.42 bits per heavy atom. The summed E-state index contributed by atoms with van der Waals surface area (Å²) in [6.45, 7) is 6.46. The minimum Gasteiger partial charge on any atom is -0.462 e. The van der Waals surface area contributed by atoms with E-state index in [-0.39, 0.29) is 18.8 Å². The fraction of sp³-hybridized carbons (Fsp3) is 0.353. The van der Waals surface area contributed by atoms with Crippen molar-refractivity contribution in [3.8, 4) is 0 Å². The quantitative estimate of drug-likeness (QED) is 0.363. The number of nitrogens with zero attached hydrogens (tertiary/aromatic N) is 2. The third-order valence-electron chi connectivity index (χ3n) is 3.32. The number of benzene rings is 1. The van der Waals surface area contributed by atoms with Crippen molar-refractivity contribution in [2.75, 3.05) is 18.5 Å². The van der Waals surface area contributed by atoms with E-state index in [1.54, 1.807) is 20.0 Å². The third-order valence-corrected chi connectivity index (χ3v) is 3.32. The second-order valence-corrected chi connectivity index (χ2v) is 4.88. The standard InChI is InChI=1S/C17H21N3O4/c1-4-20-15-9-13(8-7-12(15)10-19-20)18-11-14(16(21)23-5-2)17(22)24-6-3/h7-11,18H,4-6H2,1-3H3. The van der Waals surface area contributed by atoms with Crippen LogP contribution in [0.1, 0.15) is 20.8 Å². The van der Waals surface area contributed by atoms with Crippen LogP contribution >= 0.6 is 0 Å². The van der Waals surface area contributed by atoms with E-state index in [2.05, 4.69) is 10.4 Å². The number of hydrogen-bond acceptors (Lipinski definition) is 6. The van der Waals surface area contributed by atoms with Gasteiger partial charge in [0.25, 0.3) is 0 Å². The fourth-order valence-electron chi connectivity index (χ4n) is 2.19. The minimum atomic E-state index is -0.719. The summed E-state index contributed by atoms with van der Waals surface area (Å²) in [7, 11) is 0. The number of fused-ring (bicyclic) bond motifs is 1. The number of carbonyl (C=O) groups excluding carboxylic acids is 2. The summed E-state index contributed by atoms with van der Waals surface area (Å²) in [6.07, 6.45) is 3.10. The lowest BCUT2D eigenvalue weighted by Gasteiger charge is -2.08. The summed E-state index contributed by atoms with van der Waals surface area (Å²) in [6, 6.07) is 5.66. The Morgan fingerprint density at radius 2 is 1.83 bits per heavy atom. The summed E-state index contributed by atoms with van der Waals surface area (Å²) in [4.78, 5) is 23.8. The molecule has 0 unspecified atom stereocenters. The number of ether oxygens (including phenoxy) is 2. The Hall–Kier alpha value is -2.83. The molecule has 2 rings (SSSR count). The number of nitrogens with one attached hydrogen (secondary N) is 1. The molecule has 0 fully saturated rings. The van der Waals surface area contributed by atoms with Gasteiger partial charge in [0.05, 0.1) is 24.9 Å². The molecule has 24 heavy (non-hydrogen) atoms. The molecule has 0 bridgehead atoms. The molecule has 7 nitrogen and oxygen atoms in total.